The Bertz CT molecular complexity index is 548. The van der Waals surface area contributed by atoms with E-state index in [4.69, 9.17) is 0 Å². The maximum Gasteiger partial charge on any atom is 0.434 e. The van der Waals surface area contributed by atoms with Crippen molar-refractivity contribution >= 4 is 27.7 Å². The van der Waals surface area contributed by atoms with E-state index >= 15 is 0 Å². The fraction of sp³-hybridized carbons (Fsp3) is 0.182. The zero-order valence-electron chi connectivity index (χ0n) is 9.20. The second-order valence-electron chi connectivity index (χ2n) is 3.46. The van der Waals surface area contributed by atoms with Crippen LogP contribution in [0.5, 0.6) is 0 Å². The molecule has 0 spiro atoms. The molecular formula is C11H8BrF3N2S. The molecule has 0 amide bonds. The quantitative estimate of drug-likeness (QED) is 0.757. The van der Waals surface area contributed by atoms with Gasteiger partial charge in [-0.1, -0.05) is 27.7 Å². The lowest BCUT2D eigenvalue weighted by atomic mass is 10.3. The Morgan fingerprint density at radius 2 is 1.83 bits per heavy atom. The first-order valence-electron chi connectivity index (χ1n) is 4.88. The molecular weight excluding hydrogens is 329 g/mol. The standard InChI is InChI=1S/C11H8BrF3N2S/c1-18-10-16-9(11(13,14)15)6-17(10)8-4-2-7(12)3-5-8/h2-6H,1H3. The summed E-state index contributed by atoms with van der Waals surface area (Å²) in [5.74, 6) is 0. The molecule has 0 saturated carbocycles. The van der Waals surface area contributed by atoms with Gasteiger partial charge in [-0.2, -0.15) is 13.2 Å². The molecule has 0 atom stereocenters. The molecule has 0 aliphatic heterocycles. The molecule has 0 unspecified atom stereocenters. The zero-order valence-corrected chi connectivity index (χ0v) is 11.6. The maximum atomic E-state index is 12.6. The van der Waals surface area contributed by atoms with Gasteiger partial charge < -0.3 is 0 Å². The lowest BCUT2D eigenvalue weighted by Gasteiger charge is -2.05. The van der Waals surface area contributed by atoms with E-state index in [0.29, 0.717) is 10.8 Å². The Balaban J connectivity index is 2.50. The van der Waals surface area contributed by atoms with Crippen LogP contribution in [0.3, 0.4) is 0 Å². The minimum absolute atomic E-state index is 0.310. The number of alkyl halides is 3. The van der Waals surface area contributed by atoms with Gasteiger partial charge in [-0.05, 0) is 30.5 Å². The molecule has 2 nitrogen and oxygen atoms in total. The number of aromatic nitrogens is 2. The summed E-state index contributed by atoms with van der Waals surface area (Å²) in [5, 5.41) is 0.310. The van der Waals surface area contributed by atoms with Crippen molar-refractivity contribution in [3.63, 3.8) is 0 Å². The number of hydrogen-bond donors (Lipinski definition) is 0. The fourth-order valence-corrected chi connectivity index (χ4v) is 2.24. The normalized spacial score (nSPS) is 11.8. The number of imidazole rings is 1. The molecule has 0 N–H and O–H groups in total. The van der Waals surface area contributed by atoms with Gasteiger partial charge in [0, 0.05) is 16.4 Å². The van der Waals surface area contributed by atoms with Crippen LogP contribution in [0.1, 0.15) is 5.69 Å². The highest BCUT2D eigenvalue weighted by Crippen LogP contribution is 2.31. The van der Waals surface area contributed by atoms with Gasteiger partial charge in [0.25, 0.3) is 0 Å². The van der Waals surface area contributed by atoms with E-state index < -0.39 is 11.9 Å². The molecule has 1 aromatic carbocycles. The van der Waals surface area contributed by atoms with E-state index in [0.717, 1.165) is 10.7 Å². The predicted octanol–water partition coefficient (Wildman–Crippen LogP) is 4.38. The van der Waals surface area contributed by atoms with Gasteiger partial charge in [0.1, 0.15) is 0 Å². The average Bonchev–Trinajstić information content (AvgIpc) is 2.73. The molecule has 18 heavy (non-hydrogen) atoms. The Morgan fingerprint density at radius 3 is 2.33 bits per heavy atom. The monoisotopic (exact) mass is 336 g/mol. The number of thioether (sulfide) groups is 1. The molecule has 0 radical (unpaired) electrons. The number of hydrogen-bond acceptors (Lipinski definition) is 2. The SMILES string of the molecule is CSc1nc(C(F)(F)F)cn1-c1ccc(Br)cc1. The highest BCUT2D eigenvalue weighted by atomic mass is 79.9. The molecule has 0 aliphatic carbocycles. The summed E-state index contributed by atoms with van der Waals surface area (Å²) in [6, 6.07) is 7.00. The minimum atomic E-state index is -4.43. The Kier molecular flexibility index (Phi) is 3.72. The van der Waals surface area contributed by atoms with E-state index in [-0.39, 0.29) is 0 Å². The van der Waals surface area contributed by atoms with E-state index in [1.54, 1.807) is 30.5 Å². The lowest BCUT2D eigenvalue weighted by Crippen LogP contribution is -2.04. The van der Waals surface area contributed by atoms with Crippen LogP contribution >= 0.6 is 27.7 Å². The molecule has 2 rings (SSSR count). The van der Waals surface area contributed by atoms with Gasteiger partial charge in [0.05, 0.1) is 0 Å². The Hall–Kier alpha value is -0.950. The van der Waals surface area contributed by atoms with Crippen molar-refractivity contribution < 1.29 is 13.2 Å². The molecule has 96 valence electrons. The van der Waals surface area contributed by atoms with Crippen molar-refractivity contribution in [2.75, 3.05) is 6.26 Å². The number of nitrogens with zero attached hydrogens (tertiary/aromatic N) is 2. The van der Waals surface area contributed by atoms with Crippen LogP contribution in [0, 0.1) is 0 Å². The van der Waals surface area contributed by atoms with Crippen LogP contribution in [0.2, 0.25) is 0 Å². The third kappa shape index (κ3) is 2.72. The van der Waals surface area contributed by atoms with Gasteiger partial charge in [0.15, 0.2) is 10.9 Å². The summed E-state index contributed by atoms with van der Waals surface area (Å²) < 4.78 is 40.1. The van der Waals surface area contributed by atoms with Gasteiger partial charge in [-0.3, -0.25) is 4.57 Å². The van der Waals surface area contributed by atoms with E-state index in [1.165, 1.54) is 16.3 Å². The summed E-state index contributed by atoms with van der Waals surface area (Å²) in [6.45, 7) is 0. The molecule has 0 bridgehead atoms. The van der Waals surface area contributed by atoms with Crippen molar-refractivity contribution in [3.8, 4) is 5.69 Å². The third-order valence-electron chi connectivity index (χ3n) is 2.25. The minimum Gasteiger partial charge on any atom is -0.294 e. The second-order valence-corrected chi connectivity index (χ2v) is 5.15. The van der Waals surface area contributed by atoms with Crippen LogP contribution in [0.15, 0.2) is 40.1 Å². The highest BCUT2D eigenvalue weighted by Gasteiger charge is 2.34. The van der Waals surface area contributed by atoms with E-state index in [2.05, 4.69) is 20.9 Å². The first kappa shape index (κ1) is 13.5. The van der Waals surface area contributed by atoms with Crippen molar-refractivity contribution in [1.29, 1.82) is 0 Å². The van der Waals surface area contributed by atoms with Crippen molar-refractivity contribution in [1.82, 2.24) is 9.55 Å². The van der Waals surface area contributed by atoms with Crippen LogP contribution in [-0.2, 0) is 6.18 Å². The van der Waals surface area contributed by atoms with Crippen LogP contribution in [0.25, 0.3) is 5.69 Å². The molecule has 0 saturated heterocycles. The summed E-state index contributed by atoms with van der Waals surface area (Å²) >= 11 is 4.45. The third-order valence-corrected chi connectivity index (χ3v) is 3.43. The van der Waals surface area contributed by atoms with Crippen molar-refractivity contribution in [2.45, 2.75) is 11.3 Å². The van der Waals surface area contributed by atoms with Crippen molar-refractivity contribution in [3.05, 3.63) is 40.6 Å². The second kappa shape index (κ2) is 4.97. The first-order chi connectivity index (χ1) is 8.41. The number of benzene rings is 1. The number of halogens is 4. The largest absolute Gasteiger partial charge is 0.434 e. The summed E-state index contributed by atoms with van der Waals surface area (Å²) in [5.41, 5.74) is -0.236. The molecule has 1 aromatic heterocycles. The van der Waals surface area contributed by atoms with E-state index in [1.807, 2.05) is 0 Å². The van der Waals surface area contributed by atoms with Gasteiger partial charge in [0.2, 0.25) is 0 Å². The van der Waals surface area contributed by atoms with Crippen LogP contribution in [0.4, 0.5) is 13.2 Å². The zero-order chi connectivity index (χ0) is 13.3. The van der Waals surface area contributed by atoms with Crippen LogP contribution < -0.4 is 0 Å². The van der Waals surface area contributed by atoms with Gasteiger partial charge >= 0.3 is 6.18 Å². The van der Waals surface area contributed by atoms with E-state index in [9.17, 15) is 13.2 Å². The average molecular weight is 337 g/mol. The topological polar surface area (TPSA) is 17.8 Å². The fourth-order valence-electron chi connectivity index (χ4n) is 1.43. The smallest absolute Gasteiger partial charge is 0.294 e. The maximum absolute atomic E-state index is 12.6. The highest BCUT2D eigenvalue weighted by molar-refractivity contribution is 9.10. The lowest BCUT2D eigenvalue weighted by molar-refractivity contribution is -0.141. The number of rotatable bonds is 2. The predicted molar refractivity (Wildman–Crippen MR) is 68.0 cm³/mol. The Labute approximate surface area is 114 Å². The van der Waals surface area contributed by atoms with Gasteiger partial charge in [-0.25, -0.2) is 4.98 Å². The molecule has 0 aliphatic rings. The van der Waals surface area contributed by atoms with Gasteiger partial charge in [-0.15, -0.1) is 0 Å². The molecule has 1 heterocycles. The Morgan fingerprint density at radius 1 is 1.22 bits per heavy atom. The molecule has 2 aromatic rings. The van der Waals surface area contributed by atoms with Crippen LogP contribution in [-0.4, -0.2) is 15.8 Å². The van der Waals surface area contributed by atoms with Crippen molar-refractivity contribution in [2.24, 2.45) is 0 Å². The summed E-state index contributed by atoms with van der Waals surface area (Å²) in [4.78, 5) is 3.59. The summed E-state index contributed by atoms with van der Waals surface area (Å²) in [7, 11) is 0. The first-order valence-corrected chi connectivity index (χ1v) is 6.90. The molecule has 0 fully saturated rings. The molecule has 7 heteroatoms. The summed E-state index contributed by atoms with van der Waals surface area (Å²) in [6.07, 6.45) is -1.72.